The van der Waals surface area contributed by atoms with Gasteiger partial charge in [0.2, 0.25) is 0 Å². The molecule has 5 nitrogen and oxygen atoms in total. The molecule has 160 valence electrons. The van der Waals surface area contributed by atoms with Crippen molar-refractivity contribution in [1.82, 2.24) is 14.8 Å². The summed E-state index contributed by atoms with van der Waals surface area (Å²) in [4.78, 5) is 9.56. The highest BCUT2D eigenvalue weighted by atomic mass is 35.5. The van der Waals surface area contributed by atoms with Gasteiger partial charge in [-0.2, -0.15) is 4.98 Å². The lowest BCUT2D eigenvalue weighted by atomic mass is 10.0. The van der Waals surface area contributed by atoms with E-state index in [9.17, 15) is 0 Å². The summed E-state index contributed by atoms with van der Waals surface area (Å²) in [5.74, 6) is 0.467. The van der Waals surface area contributed by atoms with Gasteiger partial charge >= 0.3 is 0 Å². The van der Waals surface area contributed by atoms with Crippen molar-refractivity contribution >= 4 is 40.3 Å². The second-order valence-electron chi connectivity index (χ2n) is 8.31. The number of benzene rings is 2. The molecule has 2 heterocycles. The third kappa shape index (κ3) is 5.27. The summed E-state index contributed by atoms with van der Waals surface area (Å²) in [6, 6.07) is 14.6. The minimum atomic E-state index is 0.277. The van der Waals surface area contributed by atoms with Gasteiger partial charge in [0, 0.05) is 45.3 Å². The molecular weight excluding hydrogens is 419 g/mol. The molecule has 0 saturated carbocycles. The maximum absolute atomic E-state index is 6.16. The average Bonchev–Trinajstić information content (AvgIpc) is 3.14. The van der Waals surface area contributed by atoms with Crippen LogP contribution in [0.1, 0.15) is 19.4 Å². The van der Waals surface area contributed by atoms with E-state index in [-0.39, 0.29) is 6.04 Å². The second kappa shape index (κ2) is 9.56. The fourth-order valence-corrected chi connectivity index (χ4v) is 4.14. The number of nitrogens with zero attached hydrogens (tertiary/aromatic N) is 3. The van der Waals surface area contributed by atoms with Crippen molar-refractivity contribution in [3.8, 4) is 0 Å². The van der Waals surface area contributed by atoms with Crippen LogP contribution < -0.4 is 5.32 Å². The highest BCUT2D eigenvalue weighted by Crippen LogP contribution is 2.24. The van der Waals surface area contributed by atoms with Crippen LogP contribution in [0.4, 0.5) is 6.01 Å². The predicted molar refractivity (Wildman–Crippen MR) is 124 cm³/mol. The van der Waals surface area contributed by atoms with Crippen LogP contribution in [-0.2, 0) is 6.54 Å². The molecule has 1 aromatic heterocycles. The molecule has 1 N–H and O–H groups in total. The van der Waals surface area contributed by atoms with E-state index in [1.807, 2.05) is 36.4 Å². The molecule has 0 bridgehead atoms. The van der Waals surface area contributed by atoms with Gasteiger partial charge < -0.3 is 9.73 Å². The van der Waals surface area contributed by atoms with E-state index in [4.69, 9.17) is 27.6 Å². The monoisotopic (exact) mass is 446 g/mol. The van der Waals surface area contributed by atoms with Crippen LogP contribution in [0.2, 0.25) is 10.0 Å². The van der Waals surface area contributed by atoms with Crippen LogP contribution in [0, 0.1) is 5.92 Å². The zero-order valence-corrected chi connectivity index (χ0v) is 19.0. The predicted octanol–water partition coefficient (Wildman–Crippen LogP) is 5.39. The summed E-state index contributed by atoms with van der Waals surface area (Å²) in [6.07, 6.45) is 0. The number of hydrogen-bond acceptors (Lipinski definition) is 5. The molecule has 0 spiro atoms. The Kier molecular flexibility index (Phi) is 6.84. The molecule has 3 aromatic rings. The van der Waals surface area contributed by atoms with Crippen LogP contribution in [0.15, 0.2) is 46.9 Å². The first kappa shape index (κ1) is 21.4. The first-order valence-electron chi connectivity index (χ1n) is 10.5. The smallest absolute Gasteiger partial charge is 0.295 e. The van der Waals surface area contributed by atoms with Gasteiger partial charge in [-0.1, -0.05) is 55.2 Å². The Bertz CT molecular complexity index is 949. The zero-order valence-electron chi connectivity index (χ0n) is 17.4. The molecule has 0 aliphatic carbocycles. The lowest BCUT2D eigenvalue weighted by molar-refractivity contribution is 0.119. The number of hydrogen-bond donors (Lipinski definition) is 1. The number of oxazole rings is 1. The largest absolute Gasteiger partial charge is 0.424 e. The third-order valence-electron chi connectivity index (χ3n) is 5.72. The van der Waals surface area contributed by atoms with Crippen molar-refractivity contribution in [2.75, 3.05) is 38.0 Å². The van der Waals surface area contributed by atoms with Crippen molar-refractivity contribution in [2.24, 2.45) is 5.92 Å². The van der Waals surface area contributed by atoms with E-state index in [1.54, 1.807) is 0 Å². The van der Waals surface area contributed by atoms with Crippen molar-refractivity contribution in [1.29, 1.82) is 0 Å². The SMILES string of the molecule is CC(C)[C@@H](CN1CCN(Cc2ccc(Cl)c(Cl)c2)CC1)Nc1nc2ccccc2o1. The molecular formula is C23H28Cl2N4O. The Labute approximate surface area is 188 Å². The molecule has 1 saturated heterocycles. The van der Waals surface area contributed by atoms with E-state index >= 15 is 0 Å². The fourth-order valence-electron chi connectivity index (χ4n) is 3.82. The van der Waals surface area contributed by atoms with Crippen molar-refractivity contribution in [3.63, 3.8) is 0 Å². The third-order valence-corrected chi connectivity index (χ3v) is 6.46. The van der Waals surface area contributed by atoms with Crippen molar-refractivity contribution < 1.29 is 4.42 Å². The standard InChI is InChI=1S/C23H28Cl2N4O/c1-16(2)21(27-23-26-20-5-3-4-6-22(20)30-23)15-29-11-9-28(10-12-29)14-17-7-8-18(24)19(25)13-17/h3-8,13,16,21H,9-12,14-15H2,1-2H3,(H,26,27)/t21-/m1/s1. The first-order valence-corrected chi connectivity index (χ1v) is 11.2. The van der Waals surface area contributed by atoms with Crippen molar-refractivity contribution in [2.45, 2.75) is 26.4 Å². The van der Waals surface area contributed by atoms with Gasteiger partial charge in [0.15, 0.2) is 5.58 Å². The second-order valence-corrected chi connectivity index (χ2v) is 9.12. The normalized spacial score (nSPS) is 17.0. The number of rotatable bonds is 7. The highest BCUT2D eigenvalue weighted by molar-refractivity contribution is 6.42. The van der Waals surface area contributed by atoms with Crippen LogP contribution >= 0.6 is 23.2 Å². The van der Waals surface area contributed by atoms with E-state index in [0.717, 1.165) is 50.4 Å². The number of piperazine rings is 1. The topological polar surface area (TPSA) is 44.5 Å². The van der Waals surface area contributed by atoms with Gasteiger partial charge in [0.05, 0.1) is 10.0 Å². The Morgan fingerprint density at radius 3 is 2.43 bits per heavy atom. The fraction of sp³-hybridized carbons (Fsp3) is 0.435. The molecule has 0 radical (unpaired) electrons. The first-order chi connectivity index (χ1) is 14.5. The maximum Gasteiger partial charge on any atom is 0.295 e. The molecule has 1 atom stereocenters. The van der Waals surface area contributed by atoms with E-state index in [0.29, 0.717) is 22.0 Å². The number of anilines is 1. The molecule has 4 rings (SSSR count). The molecule has 30 heavy (non-hydrogen) atoms. The summed E-state index contributed by atoms with van der Waals surface area (Å²) in [5, 5.41) is 4.75. The minimum absolute atomic E-state index is 0.277. The summed E-state index contributed by atoms with van der Waals surface area (Å²) < 4.78 is 5.87. The van der Waals surface area contributed by atoms with Gasteiger partial charge in [0.25, 0.3) is 6.01 Å². The van der Waals surface area contributed by atoms with Gasteiger partial charge in [-0.3, -0.25) is 9.80 Å². The number of fused-ring (bicyclic) bond motifs is 1. The van der Waals surface area contributed by atoms with Gasteiger partial charge in [-0.15, -0.1) is 0 Å². The molecule has 2 aromatic carbocycles. The summed E-state index contributed by atoms with van der Waals surface area (Å²) >= 11 is 12.2. The Hall–Kier alpha value is -1.79. The van der Waals surface area contributed by atoms with E-state index in [2.05, 4.69) is 40.0 Å². The number of nitrogens with one attached hydrogen (secondary N) is 1. The number of para-hydroxylation sites is 2. The van der Waals surface area contributed by atoms with Crippen LogP contribution in [0.5, 0.6) is 0 Å². The molecule has 1 aliphatic rings. The molecule has 1 fully saturated rings. The molecule has 7 heteroatoms. The van der Waals surface area contributed by atoms with Gasteiger partial charge in [-0.25, -0.2) is 0 Å². The van der Waals surface area contributed by atoms with Gasteiger partial charge in [0.1, 0.15) is 5.52 Å². The zero-order chi connectivity index (χ0) is 21.1. The molecule has 0 unspecified atom stereocenters. The van der Waals surface area contributed by atoms with Gasteiger partial charge in [-0.05, 0) is 35.7 Å². The van der Waals surface area contributed by atoms with Crippen LogP contribution in [0.3, 0.4) is 0 Å². The maximum atomic E-state index is 6.16. The summed E-state index contributed by atoms with van der Waals surface area (Å²) in [7, 11) is 0. The van der Waals surface area contributed by atoms with Crippen molar-refractivity contribution in [3.05, 3.63) is 58.1 Å². The average molecular weight is 447 g/mol. The Balaban J connectivity index is 1.31. The lowest BCUT2D eigenvalue weighted by Gasteiger charge is -2.37. The number of aromatic nitrogens is 1. The Morgan fingerprint density at radius 2 is 1.73 bits per heavy atom. The summed E-state index contributed by atoms with van der Waals surface area (Å²) in [5.41, 5.74) is 2.91. The minimum Gasteiger partial charge on any atom is -0.424 e. The van der Waals surface area contributed by atoms with Crippen LogP contribution in [0.25, 0.3) is 11.1 Å². The Morgan fingerprint density at radius 1 is 1.00 bits per heavy atom. The van der Waals surface area contributed by atoms with E-state index < -0.39 is 0 Å². The van der Waals surface area contributed by atoms with Crippen LogP contribution in [-0.4, -0.2) is 53.5 Å². The lowest BCUT2D eigenvalue weighted by Crippen LogP contribution is -2.50. The number of halogens is 2. The summed E-state index contributed by atoms with van der Waals surface area (Å²) in [6.45, 7) is 10.5. The molecule has 0 amide bonds. The quantitative estimate of drug-likeness (QED) is 0.526. The van der Waals surface area contributed by atoms with E-state index in [1.165, 1.54) is 5.56 Å². The highest BCUT2D eigenvalue weighted by Gasteiger charge is 2.23. The molecule has 1 aliphatic heterocycles.